The van der Waals surface area contributed by atoms with Crippen molar-refractivity contribution in [1.29, 1.82) is 0 Å². The van der Waals surface area contributed by atoms with Gasteiger partial charge in [-0.2, -0.15) is 0 Å². The van der Waals surface area contributed by atoms with Crippen molar-refractivity contribution in [2.75, 3.05) is 0 Å². The third kappa shape index (κ3) is 2.28. The molecule has 5 atom stereocenters. The molecule has 1 aliphatic heterocycles. The summed E-state index contributed by atoms with van der Waals surface area (Å²) in [5.74, 6) is 0.0463. The molecule has 1 heterocycles. The van der Waals surface area contributed by atoms with E-state index in [1.165, 1.54) is 0 Å². The van der Waals surface area contributed by atoms with Gasteiger partial charge in [-0.3, -0.25) is 9.59 Å². The number of cyclic esters (lactones) is 1. The number of ether oxygens (including phenoxy) is 1. The van der Waals surface area contributed by atoms with Gasteiger partial charge in [0.15, 0.2) is 0 Å². The fourth-order valence-corrected chi connectivity index (χ4v) is 6.28. The predicted octanol–water partition coefficient (Wildman–Crippen LogP) is 3.71. The third-order valence-electron chi connectivity index (χ3n) is 7.44. The van der Waals surface area contributed by atoms with E-state index < -0.39 is 5.60 Å². The highest BCUT2D eigenvalue weighted by Gasteiger charge is 2.65. The predicted molar refractivity (Wildman–Crippen MR) is 90.2 cm³/mol. The molecule has 0 spiro atoms. The molecule has 0 unspecified atom stereocenters. The molecule has 0 aromatic rings. The van der Waals surface area contributed by atoms with Crippen LogP contribution in [0.5, 0.6) is 0 Å². The van der Waals surface area contributed by atoms with Crippen LogP contribution in [-0.4, -0.2) is 23.6 Å². The summed E-state index contributed by atoms with van der Waals surface area (Å²) >= 11 is 0. The first-order valence-corrected chi connectivity index (χ1v) is 9.40. The number of ketones is 1. The Morgan fingerprint density at radius 1 is 1.12 bits per heavy atom. The summed E-state index contributed by atoms with van der Waals surface area (Å²) in [5.41, 5.74) is -1.33. The van der Waals surface area contributed by atoms with Crippen molar-refractivity contribution in [3.05, 3.63) is 0 Å². The Labute approximate surface area is 144 Å². The van der Waals surface area contributed by atoms with E-state index in [0.717, 1.165) is 32.0 Å². The van der Waals surface area contributed by atoms with Gasteiger partial charge in [0.25, 0.3) is 0 Å². The maximum Gasteiger partial charge on any atom is 0.306 e. The lowest BCUT2D eigenvalue weighted by Gasteiger charge is -2.59. The zero-order chi connectivity index (χ0) is 17.8. The molecule has 0 aromatic carbocycles. The lowest BCUT2D eigenvalue weighted by Crippen LogP contribution is -2.61. The second kappa shape index (κ2) is 5.67. The number of Topliss-reactive ketones (excluding diaryl/α,β-unsaturated/α-hetero) is 1. The summed E-state index contributed by atoms with van der Waals surface area (Å²) in [6.45, 7) is 8.34. The van der Waals surface area contributed by atoms with Crippen molar-refractivity contribution >= 4 is 18.0 Å². The van der Waals surface area contributed by atoms with Crippen LogP contribution < -0.4 is 0 Å². The van der Waals surface area contributed by atoms with Gasteiger partial charge in [-0.15, -0.1) is 0 Å². The molecule has 0 amide bonds. The monoisotopic (exact) mass is 334 g/mol. The van der Waals surface area contributed by atoms with Gasteiger partial charge < -0.3 is 9.53 Å². The first kappa shape index (κ1) is 17.6. The van der Waals surface area contributed by atoms with E-state index in [9.17, 15) is 14.4 Å². The van der Waals surface area contributed by atoms with E-state index in [-0.39, 0.29) is 40.3 Å². The Bertz CT molecular complexity index is 568. The van der Waals surface area contributed by atoms with E-state index in [1.807, 2.05) is 0 Å². The molecular weight excluding hydrogens is 304 g/mol. The van der Waals surface area contributed by atoms with Crippen molar-refractivity contribution in [3.63, 3.8) is 0 Å². The number of rotatable bonds is 3. The molecule has 0 N–H and O–H groups in total. The van der Waals surface area contributed by atoms with Gasteiger partial charge in [-0.1, -0.05) is 34.1 Å². The van der Waals surface area contributed by atoms with E-state index in [4.69, 9.17) is 4.74 Å². The van der Waals surface area contributed by atoms with Gasteiger partial charge in [-0.05, 0) is 42.9 Å². The van der Waals surface area contributed by atoms with Crippen molar-refractivity contribution < 1.29 is 19.1 Å². The smallest absolute Gasteiger partial charge is 0.306 e. The Kier molecular flexibility index (Phi) is 4.17. The van der Waals surface area contributed by atoms with Crippen LogP contribution in [0.25, 0.3) is 0 Å². The average Bonchev–Trinajstić information content (AvgIpc) is 2.89. The number of carbonyl (C=O) groups is 3. The Morgan fingerprint density at radius 3 is 2.38 bits per heavy atom. The summed E-state index contributed by atoms with van der Waals surface area (Å²) in [7, 11) is 0. The van der Waals surface area contributed by atoms with E-state index in [0.29, 0.717) is 19.3 Å². The minimum Gasteiger partial charge on any atom is -0.458 e. The molecule has 2 saturated carbocycles. The summed E-state index contributed by atoms with van der Waals surface area (Å²) in [4.78, 5) is 36.9. The highest BCUT2D eigenvalue weighted by molar-refractivity contribution is 5.86. The number of aldehydes is 1. The zero-order valence-corrected chi connectivity index (χ0v) is 15.4. The summed E-state index contributed by atoms with van der Waals surface area (Å²) in [6.07, 6.45) is 6.20. The topological polar surface area (TPSA) is 60.4 Å². The van der Waals surface area contributed by atoms with Crippen LogP contribution in [0.4, 0.5) is 0 Å². The van der Waals surface area contributed by atoms with Crippen LogP contribution in [0.15, 0.2) is 0 Å². The maximum atomic E-state index is 13.1. The fourth-order valence-electron chi connectivity index (χ4n) is 6.28. The lowest BCUT2D eigenvalue weighted by molar-refractivity contribution is -0.190. The zero-order valence-electron chi connectivity index (χ0n) is 15.4. The molecular formula is C20H30O4. The normalized spacial score (nSPS) is 45.9. The summed E-state index contributed by atoms with van der Waals surface area (Å²) in [6, 6.07) is 0. The fraction of sp³-hybridized carbons (Fsp3) is 0.850. The minimum absolute atomic E-state index is 0.0953. The number of esters is 1. The average molecular weight is 334 g/mol. The molecule has 3 fully saturated rings. The highest BCUT2D eigenvalue weighted by atomic mass is 16.6. The number of hydrogen-bond acceptors (Lipinski definition) is 4. The second-order valence-electron chi connectivity index (χ2n) is 9.06. The molecule has 0 aromatic heterocycles. The SMILES string of the molecule is CC(C)[C@]1([C@H]2C(=O)CC[C@@H]3[C@]2(C)CCC[C@]3(C)C=O)CCC(=O)O1. The van der Waals surface area contributed by atoms with Gasteiger partial charge in [0, 0.05) is 18.3 Å². The van der Waals surface area contributed by atoms with E-state index in [2.05, 4.69) is 27.7 Å². The quantitative estimate of drug-likeness (QED) is 0.583. The standard InChI is InChI=1S/C20H30O4/c1-13(2)20(11-8-16(23)24-20)17-14(22)6-7-15-18(3,12-21)9-5-10-19(15,17)4/h12-13,15,17H,5-11H2,1-4H3/t15-,17-,18+,19-,20-/m0/s1. The number of hydrogen-bond donors (Lipinski definition) is 0. The number of carbonyl (C=O) groups excluding carboxylic acids is 3. The van der Waals surface area contributed by atoms with Crippen molar-refractivity contribution in [2.24, 2.45) is 28.6 Å². The molecule has 2 aliphatic carbocycles. The van der Waals surface area contributed by atoms with Crippen LogP contribution in [0.2, 0.25) is 0 Å². The van der Waals surface area contributed by atoms with Gasteiger partial charge >= 0.3 is 5.97 Å². The first-order chi connectivity index (χ1) is 11.2. The Morgan fingerprint density at radius 2 is 1.83 bits per heavy atom. The second-order valence-corrected chi connectivity index (χ2v) is 9.06. The van der Waals surface area contributed by atoms with Crippen LogP contribution in [0, 0.1) is 28.6 Å². The van der Waals surface area contributed by atoms with Gasteiger partial charge in [-0.25, -0.2) is 0 Å². The third-order valence-corrected chi connectivity index (χ3v) is 7.44. The van der Waals surface area contributed by atoms with Crippen LogP contribution in [0.1, 0.15) is 72.6 Å². The van der Waals surface area contributed by atoms with E-state index in [1.54, 1.807) is 0 Å². The first-order valence-electron chi connectivity index (χ1n) is 9.40. The Hall–Kier alpha value is -1.19. The van der Waals surface area contributed by atoms with Crippen LogP contribution >= 0.6 is 0 Å². The molecule has 4 nitrogen and oxygen atoms in total. The molecule has 1 saturated heterocycles. The van der Waals surface area contributed by atoms with Crippen LogP contribution in [-0.2, 0) is 19.1 Å². The summed E-state index contributed by atoms with van der Waals surface area (Å²) in [5, 5.41) is 0. The molecule has 0 radical (unpaired) electrons. The number of fused-ring (bicyclic) bond motifs is 1. The molecule has 134 valence electrons. The van der Waals surface area contributed by atoms with E-state index >= 15 is 0 Å². The van der Waals surface area contributed by atoms with Crippen molar-refractivity contribution in [3.8, 4) is 0 Å². The largest absolute Gasteiger partial charge is 0.458 e. The molecule has 0 bridgehead atoms. The molecule has 4 heteroatoms. The molecule has 3 aliphatic rings. The van der Waals surface area contributed by atoms with Gasteiger partial charge in [0.1, 0.15) is 17.7 Å². The Balaban J connectivity index is 2.09. The van der Waals surface area contributed by atoms with Crippen molar-refractivity contribution in [2.45, 2.75) is 78.2 Å². The summed E-state index contributed by atoms with van der Waals surface area (Å²) < 4.78 is 5.89. The lowest BCUT2D eigenvalue weighted by atomic mass is 9.44. The highest BCUT2D eigenvalue weighted by Crippen LogP contribution is 2.63. The van der Waals surface area contributed by atoms with Gasteiger partial charge in [0.05, 0.1) is 5.92 Å². The minimum atomic E-state index is -0.692. The molecule has 24 heavy (non-hydrogen) atoms. The van der Waals surface area contributed by atoms with Gasteiger partial charge in [0.2, 0.25) is 0 Å². The van der Waals surface area contributed by atoms with Crippen molar-refractivity contribution in [1.82, 2.24) is 0 Å². The maximum absolute atomic E-state index is 13.1. The molecule has 3 rings (SSSR count). The van der Waals surface area contributed by atoms with Crippen LogP contribution in [0.3, 0.4) is 0 Å².